The molecule has 3 heteroatoms. The van der Waals surface area contributed by atoms with E-state index in [9.17, 15) is 4.79 Å². The van der Waals surface area contributed by atoms with Crippen molar-refractivity contribution in [2.45, 2.75) is 40.2 Å². The Morgan fingerprint density at radius 2 is 1.95 bits per heavy atom. The van der Waals surface area contributed by atoms with Crippen LogP contribution in [0.1, 0.15) is 39.2 Å². The molecule has 106 valence electrons. The number of hydrogen-bond acceptors (Lipinski definition) is 3. The first-order valence-electron chi connectivity index (χ1n) is 6.94. The summed E-state index contributed by atoms with van der Waals surface area (Å²) in [6.45, 7) is 8.48. The van der Waals surface area contributed by atoms with Crippen molar-refractivity contribution in [3.05, 3.63) is 35.9 Å². The molecule has 1 aromatic carbocycles. The maximum atomic E-state index is 11.8. The molecule has 0 saturated carbocycles. The summed E-state index contributed by atoms with van der Waals surface area (Å²) in [6.07, 6.45) is 1.55. The van der Waals surface area contributed by atoms with Crippen molar-refractivity contribution in [2.75, 3.05) is 13.1 Å². The molecule has 0 heterocycles. The van der Waals surface area contributed by atoms with Crippen molar-refractivity contribution >= 4 is 5.97 Å². The average Bonchev–Trinajstić information content (AvgIpc) is 2.37. The first kappa shape index (κ1) is 15.7. The predicted octanol–water partition coefficient (Wildman–Crippen LogP) is 3.15. The fourth-order valence-electron chi connectivity index (χ4n) is 1.85. The van der Waals surface area contributed by atoms with Gasteiger partial charge in [-0.15, -0.1) is 0 Å². The highest BCUT2D eigenvalue weighted by molar-refractivity contribution is 5.70. The molecule has 0 radical (unpaired) electrons. The highest BCUT2D eigenvalue weighted by atomic mass is 16.5. The van der Waals surface area contributed by atoms with Gasteiger partial charge in [0.05, 0.1) is 6.42 Å². The van der Waals surface area contributed by atoms with Crippen LogP contribution in [0.2, 0.25) is 0 Å². The van der Waals surface area contributed by atoms with E-state index in [0.717, 1.165) is 25.1 Å². The lowest BCUT2D eigenvalue weighted by Crippen LogP contribution is -2.32. The maximum absolute atomic E-state index is 11.8. The van der Waals surface area contributed by atoms with E-state index in [2.05, 4.69) is 26.1 Å². The van der Waals surface area contributed by atoms with Gasteiger partial charge in [0.25, 0.3) is 0 Å². The van der Waals surface area contributed by atoms with E-state index < -0.39 is 0 Å². The third-order valence-corrected chi connectivity index (χ3v) is 2.90. The minimum absolute atomic E-state index is 0.0665. The van der Waals surface area contributed by atoms with Gasteiger partial charge in [-0.25, -0.2) is 0 Å². The van der Waals surface area contributed by atoms with Crippen molar-refractivity contribution in [3.8, 4) is 0 Å². The van der Waals surface area contributed by atoms with E-state index in [-0.39, 0.29) is 11.4 Å². The Morgan fingerprint density at radius 1 is 1.26 bits per heavy atom. The van der Waals surface area contributed by atoms with Crippen LogP contribution in [-0.4, -0.2) is 19.1 Å². The summed E-state index contributed by atoms with van der Waals surface area (Å²) < 4.78 is 5.30. The summed E-state index contributed by atoms with van der Waals surface area (Å²) >= 11 is 0. The van der Waals surface area contributed by atoms with Gasteiger partial charge in [0.15, 0.2) is 0 Å². The van der Waals surface area contributed by atoms with E-state index in [1.807, 2.05) is 30.3 Å². The van der Waals surface area contributed by atoms with Crippen LogP contribution in [-0.2, 0) is 16.1 Å². The highest BCUT2D eigenvalue weighted by Gasteiger charge is 2.22. The Bertz CT molecular complexity index is 374. The van der Waals surface area contributed by atoms with Crippen LogP contribution in [0.15, 0.2) is 30.3 Å². The van der Waals surface area contributed by atoms with E-state index in [1.54, 1.807) is 0 Å². The summed E-state index contributed by atoms with van der Waals surface area (Å²) in [5.74, 6) is -0.132. The Morgan fingerprint density at radius 3 is 2.58 bits per heavy atom. The number of nitrogens with one attached hydrogen (secondary N) is 1. The lowest BCUT2D eigenvalue weighted by molar-refractivity contribution is -0.147. The molecular weight excluding hydrogens is 238 g/mol. The molecule has 0 fully saturated rings. The second-order valence-electron chi connectivity index (χ2n) is 5.66. The monoisotopic (exact) mass is 263 g/mol. The summed E-state index contributed by atoms with van der Waals surface area (Å²) in [4.78, 5) is 11.8. The molecule has 0 aliphatic rings. The van der Waals surface area contributed by atoms with Crippen LogP contribution in [0.5, 0.6) is 0 Å². The number of esters is 1. The van der Waals surface area contributed by atoms with Gasteiger partial charge in [0.2, 0.25) is 0 Å². The predicted molar refractivity (Wildman–Crippen MR) is 77.8 cm³/mol. The summed E-state index contributed by atoms with van der Waals surface area (Å²) in [5, 5.41) is 3.35. The van der Waals surface area contributed by atoms with Gasteiger partial charge in [-0.2, -0.15) is 0 Å². The average molecular weight is 263 g/mol. The van der Waals surface area contributed by atoms with Crippen molar-refractivity contribution in [1.82, 2.24) is 5.32 Å². The molecule has 0 aromatic heterocycles. The highest BCUT2D eigenvalue weighted by Crippen LogP contribution is 2.20. The zero-order valence-electron chi connectivity index (χ0n) is 12.2. The van der Waals surface area contributed by atoms with E-state index >= 15 is 0 Å². The number of rotatable bonds is 8. The van der Waals surface area contributed by atoms with Gasteiger partial charge in [-0.1, -0.05) is 51.1 Å². The Hall–Kier alpha value is -1.35. The molecule has 0 spiro atoms. The van der Waals surface area contributed by atoms with Crippen LogP contribution >= 0.6 is 0 Å². The lowest BCUT2D eigenvalue weighted by atomic mass is 9.89. The fraction of sp³-hybridized carbons (Fsp3) is 0.562. The minimum atomic E-state index is -0.132. The molecule has 0 bridgehead atoms. The van der Waals surface area contributed by atoms with Crippen molar-refractivity contribution in [3.63, 3.8) is 0 Å². The number of carbonyl (C=O) groups is 1. The van der Waals surface area contributed by atoms with Gasteiger partial charge in [-0.05, 0) is 23.9 Å². The molecular formula is C16H25NO2. The molecule has 1 aromatic rings. The largest absolute Gasteiger partial charge is 0.461 e. The van der Waals surface area contributed by atoms with Gasteiger partial charge >= 0.3 is 5.97 Å². The Labute approximate surface area is 116 Å². The molecule has 0 atom stereocenters. The fourth-order valence-corrected chi connectivity index (χ4v) is 1.85. The zero-order valence-corrected chi connectivity index (χ0v) is 12.2. The van der Waals surface area contributed by atoms with Gasteiger partial charge < -0.3 is 10.1 Å². The molecule has 0 aliphatic heterocycles. The topological polar surface area (TPSA) is 38.3 Å². The number of ether oxygens (including phenoxy) is 1. The van der Waals surface area contributed by atoms with E-state index in [4.69, 9.17) is 4.74 Å². The number of benzene rings is 1. The molecule has 0 amide bonds. The number of hydrogen-bond donors (Lipinski definition) is 1. The van der Waals surface area contributed by atoms with Crippen molar-refractivity contribution in [1.29, 1.82) is 0 Å². The SMILES string of the molecule is CCCNCC(C)(C)CC(=O)OCc1ccccc1. The molecule has 0 aliphatic carbocycles. The van der Waals surface area contributed by atoms with E-state index in [0.29, 0.717) is 13.0 Å². The molecule has 19 heavy (non-hydrogen) atoms. The maximum Gasteiger partial charge on any atom is 0.306 e. The molecule has 1 rings (SSSR count). The van der Waals surface area contributed by atoms with Crippen molar-refractivity contribution < 1.29 is 9.53 Å². The normalized spacial score (nSPS) is 11.3. The van der Waals surface area contributed by atoms with Crippen LogP contribution in [0, 0.1) is 5.41 Å². The van der Waals surface area contributed by atoms with Crippen molar-refractivity contribution in [2.24, 2.45) is 5.41 Å². The third kappa shape index (κ3) is 6.97. The first-order valence-corrected chi connectivity index (χ1v) is 6.94. The van der Waals surface area contributed by atoms with Gasteiger partial charge in [-0.3, -0.25) is 4.79 Å². The standard InChI is InChI=1S/C16H25NO2/c1-4-10-17-13-16(2,3)11-15(18)19-12-14-8-6-5-7-9-14/h5-9,17H,4,10-13H2,1-3H3. The number of carbonyl (C=O) groups excluding carboxylic acids is 1. The second-order valence-corrected chi connectivity index (χ2v) is 5.66. The van der Waals surface area contributed by atoms with E-state index in [1.165, 1.54) is 0 Å². The molecule has 3 nitrogen and oxygen atoms in total. The molecule has 0 saturated heterocycles. The van der Waals surface area contributed by atoms with Crippen LogP contribution in [0.3, 0.4) is 0 Å². The van der Waals surface area contributed by atoms with Crippen LogP contribution < -0.4 is 5.32 Å². The lowest BCUT2D eigenvalue weighted by Gasteiger charge is -2.23. The Kier molecular flexibility index (Phi) is 6.57. The van der Waals surface area contributed by atoms with Gasteiger partial charge in [0, 0.05) is 6.54 Å². The third-order valence-electron chi connectivity index (χ3n) is 2.90. The molecule has 1 N–H and O–H groups in total. The quantitative estimate of drug-likeness (QED) is 0.578. The summed E-state index contributed by atoms with van der Waals surface area (Å²) in [6, 6.07) is 9.76. The smallest absolute Gasteiger partial charge is 0.306 e. The second kappa shape index (κ2) is 7.95. The summed E-state index contributed by atoms with van der Waals surface area (Å²) in [7, 11) is 0. The Balaban J connectivity index is 2.30. The summed E-state index contributed by atoms with van der Waals surface area (Å²) in [5.41, 5.74) is 0.959. The molecule has 0 unspecified atom stereocenters. The zero-order chi connectivity index (χ0) is 14.1. The van der Waals surface area contributed by atoms with Crippen LogP contribution in [0.4, 0.5) is 0 Å². The first-order chi connectivity index (χ1) is 9.03. The minimum Gasteiger partial charge on any atom is -0.461 e. The van der Waals surface area contributed by atoms with Crippen LogP contribution in [0.25, 0.3) is 0 Å². The van der Waals surface area contributed by atoms with Gasteiger partial charge in [0.1, 0.15) is 6.61 Å².